The van der Waals surface area contributed by atoms with Gasteiger partial charge in [0, 0.05) is 5.57 Å². The van der Waals surface area contributed by atoms with Crippen LogP contribution < -0.4 is 0 Å². The molecule has 0 aromatic rings. The van der Waals surface area contributed by atoms with E-state index in [-0.39, 0.29) is 0 Å². The Kier molecular flexibility index (Phi) is 15.9. The monoisotopic (exact) mass is 312 g/mol. The summed E-state index contributed by atoms with van der Waals surface area (Å²) in [5.74, 6) is -0.403. The van der Waals surface area contributed by atoms with Crippen LogP contribution in [0.1, 0.15) is 97.3 Å². The highest BCUT2D eigenvalue weighted by Crippen LogP contribution is 2.12. The molecule has 0 saturated carbocycles. The fourth-order valence-corrected chi connectivity index (χ4v) is 2.32. The zero-order valence-corrected chi connectivity index (χ0v) is 14.8. The van der Waals surface area contributed by atoms with Crippen molar-refractivity contribution in [3.05, 3.63) is 12.2 Å². The van der Waals surface area contributed by atoms with Crippen LogP contribution in [0, 0.1) is 0 Å². The van der Waals surface area contributed by atoms with Gasteiger partial charge >= 0.3 is 5.97 Å². The summed E-state index contributed by atoms with van der Waals surface area (Å²) in [4.78, 5) is 21.4. The molecule has 0 bridgehead atoms. The van der Waals surface area contributed by atoms with E-state index in [1.54, 1.807) is 0 Å². The van der Waals surface area contributed by atoms with Gasteiger partial charge in [0.05, 0.1) is 6.61 Å². The van der Waals surface area contributed by atoms with E-state index < -0.39 is 5.97 Å². The van der Waals surface area contributed by atoms with E-state index in [1.807, 2.05) is 0 Å². The van der Waals surface area contributed by atoms with Crippen LogP contribution >= 0.6 is 0 Å². The number of hydrogen-bond acceptors (Lipinski definition) is 3. The van der Waals surface area contributed by atoms with Gasteiger partial charge in [0.2, 0.25) is 0 Å². The molecule has 0 aromatic carbocycles. The molecule has 3 heteroatoms. The van der Waals surface area contributed by atoms with Crippen LogP contribution in [0.3, 0.4) is 0 Å². The van der Waals surface area contributed by atoms with Crippen molar-refractivity contribution in [3.63, 3.8) is 0 Å². The second kappa shape index (κ2) is 16.5. The summed E-state index contributed by atoms with van der Waals surface area (Å²) in [6.45, 7) is 8.69. The number of carbonyl (C=O) groups excluding carboxylic acids is 1. The first-order valence-electron chi connectivity index (χ1n) is 9.23. The fraction of sp³-hybridized carbons (Fsp3) is 0.842. The molecule has 0 atom stereocenters. The zero-order chi connectivity index (χ0) is 16.5. The van der Waals surface area contributed by atoms with Crippen LogP contribution in [0.4, 0.5) is 0 Å². The lowest BCUT2D eigenvalue weighted by Gasteiger charge is -2.06. The lowest BCUT2D eigenvalue weighted by molar-refractivity contribution is -0.268. The molecule has 130 valence electrons. The third kappa shape index (κ3) is 14.1. The minimum absolute atomic E-state index is 0.403. The topological polar surface area (TPSA) is 35.5 Å². The number of hydrogen-bond donors (Lipinski definition) is 0. The highest BCUT2D eigenvalue weighted by atomic mass is 17.2. The molecule has 0 aliphatic carbocycles. The van der Waals surface area contributed by atoms with E-state index in [1.165, 1.54) is 51.4 Å². The van der Waals surface area contributed by atoms with Gasteiger partial charge in [-0.25, -0.2) is 4.79 Å². The van der Waals surface area contributed by atoms with Crippen LogP contribution in [0.5, 0.6) is 0 Å². The van der Waals surface area contributed by atoms with Gasteiger partial charge in [0.15, 0.2) is 0 Å². The molecule has 0 spiro atoms. The maximum atomic E-state index is 11.6. The molecular weight excluding hydrogens is 276 g/mol. The summed E-state index contributed by atoms with van der Waals surface area (Å²) < 4.78 is 0. The third-order valence-corrected chi connectivity index (χ3v) is 3.84. The smallest absolute Gasteiger partial charge is 0.293 e. The summed E-state index contributed by atoms with van der Waals surface area (Å²) in [5.41, 5.74) is 0.526. The molecule has 0 rings (SSSR count). The summed E-state index contributed by atoms with van der Waals surface area (Å²) in [6, 6.07) is 0. The van der Waals surface area contributed by atoms with E-state index in [9.17, 15) is 4.79 Å². The second-order valence-electron chi connectivity index (χ2n) is 6.08. The molecule has 22 heavy (non-hydrogen) atoms. The van der Waals surface area contributed by atoms with E-state index in [0.29, 0.717) is 18.6 Å². The molecule has 0 N–H and O–H groups in total. The Bertz CT molecular complexity index is 274. The Hall–Kier alpha value is -0.830. The first-order valence-corrected chi connectivity index (χ1v) is 9.23. The minimum Gasteiger partial charge on any atom is -0.293 e. The molecule has 0 saturated heterocycles. The lowest BCUT2D eigenvalue weighted by atomic mass is 10.1. The van der Waals surface area contributed by atoms with Gasteiger partial charge in [-0.05, 0) is 19.3 Å². The molecule has 0 aliphatic rings. The number of rotatable bonds is 16. The van der Waals surface area contributed by atoms with Gasteiger partial charge in [-0.3, -0.25) is 4.89 Å². The van der Waals surface area contributed by atoms with Crippen molar-refractivity contribution in [2.24, 2.45) is 0 Å². The second-order valence-corrected chi connectivity index (χ2v) is 6.08. The minimum atomic E-state index is -0.403. The van der Waals surface area contributed by atoms with E-state index in [0.717, 1.165) is 25.7 Å². The quantitative estimate of drug-likeness (QED) is 0.149. The average molecular weight is 312 g/mol. The highest BCUT2D eigenvalue weighted by molar-refractivity contribution is 5.87. The predicted octanol–water partition coefficient (Wildman–Crippen LogP) is 6.13. The Morgan fingerprint density at radius 1 is 0.773 bits per heavy atom. The molecular formula is C19H36O3. The summed E-state index contributed by atoms with van der Waals surface area (Å²) in [7, 11) is 0. The summed E-state index contributed by atoms with van der Waals surface area (Å²) in [5, 5.41) is 0. The van der Waals surface area contributed by atoms with Crippen molar-refractivity contribution >= 4 is 5.97 Å². The SMILES string of the molecule is C=C(CCCCCCCC)C(=O)OOCCCCCCCC. The molecule has 3 nitrogen and oxygen atoms in total. The van der Waals surface area contributed by atoms with Crippen LogP contribution in [-0.4, -0.2) is 12.6 Å². The molecule has 0 unspecified atom stereocenters. The lowest BCUT2D eigenvalue weighted by Crippen LogP contribution is -2.08. The molecule has 0 amide bonds. The first-order chi connectivity index (χ1) is 10.7. The summed E-state index contributed by atoms with van der Waals surface area (Å²) >= 11 is 0. The third-order valence-electron chi connectivity index (χ3n) is 3.84. The van der Waals surface area contributed by atoms with Crippen molar-refractivity contribution < 1.29 is 14.6 Å². The van der Waals surface area contributed by atoms with Crippen LogP contribution in [0.15, 0.2) is 12.2 Å². The molecule has 0 radical (unpaired) electrons. The number of carbonyl (C=O) groups is 1. The fourth-order valence-electron chi connectivity index (χ4n) is 2.32. The largest absolute Gasteiger partial charge is 0.368 e. The van der Waals surface area contributed by atoms with Crippen molar-refractivity contribution in [2.75, 3.05) is 6.61 Å². The predicted molar refractivity (Wildman–Crippen MR) is 92.6 cm³/mol. The van der Waals surface area contributed by atoms with Gasteiger partial charge in [0.25, 0.3) is 0 Å². The zero-order valence-electron chi connectivity index (χ0n) is 14.8. The van der Waals surface area contributed by atoms with Gasteiger partial charge < -0.3 is 0 Å². The molecule has 0 aromatic heterocycles. The van der Waals surface area contributed by atoms with Gasteiger partial charge in [-0.15, -0.1) is 0 Å². The van der Waals surface area contributed by atoms with Crippen molar-refractivity contribution in [2.45, 2.75) is 97.3 Å². The first kappa shape index (κ1) is 21.2. The normalized spacial score (nSPS) is 10.6. The Balaban J connectivity index is 3.37. The van der Waals surface area contributed by atoms with Crippen LogP contribution in [0.2, 0.25) is 0 Å². The van der Waals surface area contributed by atoms with E-state index in [2.05, 4.69) is 20.4 Å². The van der Waals surface area contributed by atoms with Crippen LogP contribution in [-0.2, 0) is 14.6 Å². The molecule has 0 aliphatic heterocycles. The Morgan fingerprint density at radius 3 is 1.86 bits per heavy atom. The maximum absolute atomic E-state index is 11.6. The molecule has 0 fully saturated rings. The Labute approximate surface area is 137 Å². The van der Waals surface area contributed by atoms with Gasteiger partial charge in [0.1, 0.15) is 0 Å². The maximum Gasteiger partial charge on any atom is 0.368 e. The van der Waals surface area contributed by atoms with E-state index >= 15 is 0 Å². The van der Waals surface area contributed by atoms with E-state index in [4.69, 9.17) is 9.78 Å². The van der Waals surface area contributed by atoms with Gasteiger partial charge in [-0.1, -0.05) is 84.6 Å². The van der Waals surface area contributed by atoms with Crippen molar-refractivity contribution in [1.82, 2.24) is 0 Å². The number of unbranched alkanes of at least 4 members (excludes halogenated alkanes) is 10. The standard InChI is InChI=1S/C19H36O3/c1-4-6-8-10-12-14-16-18(3)19(20)22-21-17-15-13-11-9-7-5-2/h3-17H2,1-2H3. The van der Waals surface area contributed by atoms with Gasteiger partial charge in [-0.2, -0.15) is 4.89 Å². The highest BCUT2D eigenvalue weighted by Gasteiger charge is 2.09. The molecule has 0 heterocycles. The van der Waals surface area contributed by atoms with Crippen molar-refractivity contribution in [1.29, 1.82) is 0 Å². The Morgan fingerprint density at radius 2 is 1.27 bits per heavy atom. The summed E-state index contributed by atoms with van der Waals surface area (Å²) in [6.07, 6.45) is 15.1. The van der Waals surface area contributed by atoms with Crippen LogP contribution in [0.25, 0.3) is 0 Å². The average Bonchev–Trinajstić information content (AvgIpc) is 2.52. The van der Waals surface area contributed by atoms with Crippen molar-refractivity contribution in [3.8, 4) is 0 Å².